The van der Waals surface area contributed by atoms with Crippen LogP contribution >= 0.6 is 0 Å². The number of hydrogen-bond donors (Lipinski definition) is 1. The van der Waals surface area contributed by atoms with Crippen molar-refractivity contribution in [2.24, 2.45) is 0 Å². The van der Waals surface area contributed by atoms with Gasteiger partial charge in [0.2, 0.25) is 5.65 Å². The van der Waals surface area contributed by atoms with Crippen LogP contribution in [0.25, 0.3) is 22.5 Å². The number of pyridine rings is 1. The van der Waals surface area contributed by atoms with Crippen LogP contribution in [0.2, 0.25) is 0 Å². The average Bonchev–Trinajstić information content (AvgIpc) is 3.36. The first-order valence-corrected chi connectivity index (χ1v) is 10.2. The van der Waals surface area contributed by atoms with Crippen LogP contribution in [0.15, 0.2) is 28.7 Å². The number of benzene rings is 1. The highest BCUT2D eigenvalue weighted by Gasteiger charge is 2.41. The number of aromatic nitrogens is 2. The van der Waals surface area contributed by atoms with Crippen molar-refractivity contribution >= 4 is 17.2 Å². The Morgan fingerprint density at radius 1 is 1.27 bits per heavy atom. The van der Waals surface area contributed by atoms with E-state index < -0.39 is 0 Å². The van der Waals surface area contributed by atoms with Crippen molar-refractivity contribution in [1.29, 1.82) is 5.26 Å². The summed E-state index contributed by atoms with van der Waals surface area (Å²) in [6.45, 7) is 8.24. The zero-order valence-electron chi connectivity index (χ0n) is 17.0. The molecule has 2 unspecified atom stereocenters. The van der Waals surface area contributed by atoms with E-state index in [9.17, 15) is 5.11 Å². The van der Waals surface area contributed by atoms with E-state index in [0.29, 0.717) is 40.7 Å². The molecule has 2 fully saturated rings. The topological polar surface area (TPSA) is 98.7 Å². The molecule has 0 spiro atoms. The Bertz CT molecular complexity index is 1130. The number of rotatable bonds is 3. The van der Waals surface area contributed by atoms with Gasteiger partial charge in [-0.15, -0.1) is 0 Å². The first-order chi connectivity index (χ1) is 14.6. The quantitative estimate of drug-likeness (QED) is 0.710. The number of morpholine rings is 1. The van der Waals surface area contributed by atoms with Crippen LogP contribution in [0.5, 0.6) is 5.75 Å². The molecule has 2 saturated heterocycles. The second-order valence-corrected chi connectivity index (χ2v) is 7.84. The van der Waals surface area contributed by atoms with Gasteiger partial charge in [0.15, 0.2) is 5.58 Å². The summed E-state index contributed by atoms with van der Waals surface area (Å²) >= 11 is 0. The third-order valence-electron chi connectivity index (χ3n) is 6.01. The van der Waals surface area contributed by atoms with Crippen molar-refractivity contribution in [2.45, 2.75) is 26.0 Å². The molecule has 2 aromatic heterocycles. The highest BCUT2D eigenvalue weighted by molar-refractivity contribution is 5.79. The first kappa shape index (κ1) is 18.9. The molecule has 154 valence electrons. The normalized spacial score (nSPS) is 21.7. The highest BCUT2D eigenvalue weighted by Crippen LogP contribution is 2.35. The van der Waals surface area contributed by atoms with Crippen LogP contribution in [0, 0.1) is 18.3 Å². The monoisotopic (exact) mass is 405 g/mol. The highest BCUT2D eigenvalue weighted by atomic mass is 16.5. The van der Waals surface area contributed by atoms with E-state index >= 15 is 0 Å². The Hall–Kier alpha value is -3.15. The minimum absolute atomic E-state index is 0.0313. The number of likely N-dealkylation sites (N-methyl/N-ethyl adjacent to an activating group) is 1. The lowest BCUT2D eigenvalue weighted by atomic mass is 10.0. The van der Waals surface area contributed by atoms with Gasteiger partial charge in [-0.25, -0.2) is 4.98 Å². The number of aromatic hydroxyl groups is 1. The lowest BCUT2D eigenvalue weighted by molar-refractivity contribution is 0.0293. The molecule has 0 radical (unpaired) electrons. The van der Waals surface area contributed by atoms with Gasteiger partial charge in [-0.3, -0.25) is 4.90 Å². The summed E-state index contributed by atoms with van der Waals surface area (Å²) in [6.07, 6.45) is 0.162. The fourth-order valence-electron chi connectivity index (χ4n) is 4.50. The molecule has 5 rings (SSSR count). The van der Waals surface area contributed by atoms with Gasteiger partial charge in [0.25, 0.3) is 6.01 Å². The Morgan fingerprint density at radius 3 is 2.90 bits per heavy atom. The molecule has 30 heavy (non-hydrogen) atoms. The van der Waals surface area contributed by atoms with Gasteiger partial charge in [0, 0.05) is 25.2 Å². The minimum Gasteiger partial charge on any atom is -0.507 e. The Balaban J connectivity index is 1.50. The maximum absolute atomic E-state index is 10.4. The zero-order valence-corrected chi connectivity index (χ0v) is 17.0. The molecular formula is C22H23N5O3. The van der Waals surface area contributed by atoms with Gasteiger partial charge in [0.1, 0.15) is 5.75 Å². The third-order valence-corrected chi connectivity index (χ3v) is 6.01. The number of phenolic OH excluding ortho intramolecular Hbond substituents is 1. The van der Waals surface area contributed by atoms with Crippen molar-refractivity contribution in [3.63, 3.8) is 0 Å². The lowest BCUT2D eigenvalue weighted by Crippen LogP contribution is -2.51. The van der Waals surface area contributed by atoms with E-state index in [1.54, 1.807) is 6.07 Å². The number of ether oxygens (including phenoxy) is 1. The number of nitriles is 1. The van der Waals surface area contributed by atoms with Crippen molar-refractivity contribution in [3.05, 3.63) is 35.4 Å². The van der Waals surface area contributed by atoms with E-state index in [-0.39, 0.29) is 17.9 Å². The molecular weight excluding hydrogens is 382 g/mol. The number of fused-ring (bicyclic) bond motifs is 2. The second kappa shape index (κ2) is 7.27. The molecule has 4 heterocycles. The standard InChI is InChI=1S/C22H23N5O3/c1-3-26-11-16-19(12-26)29-7-6-27(16)22-25-21-18(30-22)5-4-15(24-21)20-13(2)8-14(10-23)9-17(20)28/h4-5,8-9,16,19,28H,3,6-7,11-12H2,1-2H3. The number of likely N-dealkylation sites (tertiary alicyclic amines) is 1. The van der Waals surface area contributed by atoms with E-state index in [4.69, 9.17) is 14.4 Å². The van der Waals surface area contributed by atoms with Crippen LogP contribution in [-0.2, 0) is 4.74 Å². The molecule has 2 aliphatic heterocycles. The van der Waals surface area contributed by atoms with Crippen LogP contribution in [-0.4, -0.2) is 64.9 Å². The molecule has 1 aromatic carbocycles. The Morgan fingerprint density at radius 2 is 2.13 bits per heavy atom. The summed E-state index contributed by atoms with van der Waals surface area (Å²) < 4.78 is 12.0. The van der Waals surface area contributed by atoms with Crippen molar-refractivity contribution in [3.8, 4) is 23.1 Å². The summed E-state index contributed by atoms with van der Waals surface area (Å²) in [6, 6.07) is 9.67. The first-order valence-electron chi connectivity index (χ1n) is 10.2. The third kappa shape index (κ3) is 3.07. The van der Waals surface area contributed by atoms with Gasteiger partial charge in [-0.2, -0.15) is 10.2 Å². The van der Waals surface area contributed by atoms with Crippen molar-refractivity contribution in [2.75, 3.05) is 37.7 Å². The van der Waals surface area contributed by atoms with Crippen LogP contribution in [0.1, 0.15) is 18.1 Å². The summed E-state index contributed by atoms with van der Waals surface area (Å²) in [5.41, 5.74) is 3.50. The molecule has 3 aromatic rings. The number of phenols is 1. The van der Waals surface area contributed by atoms with Gasteiger partial charge in [-0.05, 0) is 43.3 Å². The molecule has 0 bridgehead atoms. The van der Waals surface area contributed by atoms with Crippen LogP contribution in [0.3, 0.4) is 0 Å². The Kier molecular flexibility index (Phi) is 4.57. The molecule has 1 N–H and O–H groups in total. The summed E-state index contributed by atoms with van der Waals surface area (Å²) in [7, 11) is 0. The molecule has 2 atom stereocenters. The second-order valence-electron chi connectivity index (χ2n) is 7.84. The number of hydrogen-bond acceptors (Lipinski definition) is 8. The number of nitrogens with zero attached hydrogens (tertiary/aromatic N) is 5. The lowest BCUT2D eigenvalue weighted by Gasteiger charge is -2.35. The maximum atomic E-state index is 10.4. The van der Waals surface area contributed by atoms with E-state index in [2.05, 4.69) is 32.8 Å². The maximum Gasteiger partial charge on any atom is 0.300 e. The predicted molar refractivity (Wildman–Crippen MR) is 111 cm³/mol. The molecule has 0 amide bonds. The molecule has 0 saturated carbocycles. The van der Waals surface area contributed by atoms with Gasteiger partial charge in [-0.1, -0.05) is 6.92 Å². The van der Waals surface area contributed by atoms with Gasteiger partial charge < -0.3 is 19.2 Å². The molecule has 8 nitrogen and oxygen atoms in total. The van der Waals surface area contributed by atoms with Crippen molar-refractivity contribution < 1.29 is 14.3 Å². The predicted octanol–water partition coefficient (Wildman–Crippen LogP) is 2.68. The fourth-order valence-corrected chi connectivity index (χ4v) is 4.50. The molecule has 0 aliphatic carbocycles. The van der Waals surface area contributed by atoms with E-state index in [1.165, 1.54) is 6.07 Å². The average molecular weight is 405 g/mol. The number of anilines is 1. The van der Waals surface area contributed by atoms with Crippen LogP contribution < -0.4 is 4.90 Å². The van der Waals surface area contributed by atoms with E-state index in [1.807, 2.05) is 19.1 Å². The fraction of sp³-hybridized carbons (Fsp3) is 0.409. The SMILES string of the molecule is CCN1CC2OCCN(c3nc4nc(-c5c(C)cc(C#N)cc5O)ccc4o3)C2C1. The Labute approximate surface area is 174 Å². The summed E-state index contributed by atoms with van der Waals surface area (Å²) in [4.78, 5) is 13.9. The van der Waals surface area contributed by atoms with Crippen molar-refractivity contribution in [1.82, 2.24) is 14.9 Å². The summed E-state index contributed by atoms with van der Waals surface area (Å²) in [5.74, 6) is 0.0313. The van der Waals surface area contributed by atoms with Gasteiger partial charge in [0.05, 0.1) is 36.1 Å². The summed E-state index contributed by atoms with van der Waals surface area (Å²) in [5, 5.41) is 19.5. The molecule has 8 heteroatoms. The number of oxazole rings is 1. The minimum atomic E-state index is 0.0313. The smallest absolute Gasteiger partial charge is 0.300 e. The van der Waals surface area contributed by atoms with Gasteiger partial charge >= 0.3 is 0 Å². The zero-order chi connectivity index (χ0) is 20.8. The van der Waals surface area contributed by atoms with E-state index in [0.717, 1.165) is 31.7 Å². The van der Waals surface area contributed by atoms with Crippen LogP contribution in [0.4, 0.5) is 6.01 Å². The largest absolute Gasteiger partial charge is 0.507 e. The molecule has 2 aliphatic rings. The number of aryl methyl sites for hydroxylation is 1.